The van der Waals surface area contributed by atoms with E-state index in [1.165, 1.54) is 35.5 Å². The van der Waals surface area contributed by atoms with Crippen molar-refractivity contribution in [2.45, 2.75) is 25.0 Å². The molecule has 1 aliphatic rings. The van der Waals surface area contributed by atoms with Gasteiger partial charge in [0, 0.05) is 6.54 Å². The lowest BCUT2D eigenvalue weighted by molar-refractivity contribution is -0.274. The second-order valence-electron chi connectivity index (χ2n) is 7.94. The second-order valence-corrected chi connectivity index (χ2v) is 7.94. The third-order valence-electron chi connectivity index (χ3n) is 5.64. The summed E-state index contributed by atoms with van der Waals surface area (Å²) in [4.78, 5) is 19.9. The van der Waals surface area contributed by atoms with Crippen LogP contribution in [0.4, 0.5) is 26.3 Å². The van der Waals surface area contributed by atoms with Crippen LogP contribution in [0.1, 0.15) is 34.2 Å². The fourth-order valence-electron chi connectivity index (χ4n) is 3.87. The van der Waals surface area contributed by atoms with E-state index in [1.807, 2.05) is 0 Å². The van der Waals surface area contributed by atoms with Gasteiger partial charge < -0.3 is 9.64 Å². The highest BCUT2D eigenvalue weighted by Crippen LogP contribution is 2.37. The minimum absolute atomic E-state index is 0.0192. The summed E-state index contributed by atoms with van der Waals surface area (Å²) >= 11 is 0. The molecular weight excluding hydrogens is 508 g/mol. The van der Waals surface area contributed by atoms with Crippen molar-refractivity contribution in [3.63, 3.8) is 0 Å². The van der Waals surface area contributed by atoms with Crippen molar-refractivity contribution in [2.75, 3.05) is 6.54 Å². The zero-order valence-corrected chi connectivity index (χ0v) is 18.5. The molecule has 1 amide bonds. The number of benzene rings is 2. The van der Waals surface area contributed by atoms with Gasteiger partial charge in [-0.15, -0.1) is 13.2 Å². The van der Waals surface area contributed by atoms with Gasteiger partial charge in [0.25, 0.3) is 5.91 Å². The molecule has 37 heavy (non-hydrogen) atoms. The predicted molar refractivity (Wildman–Crippen MR) is 113 cm³/mol. The van der Waals surface area contributed by atoms with E-state index >= 15 is 0 Å². The van der Waals surface area contributed by atoms with E-state index in [0.717, 1.165) is 29.1 Å². The van der Waals surface area contributed by atoms with E-state index in [0.29, 0.717) is 6.42 Å². The Labute approximate surface area is 203 Å². The number of ether oxygens (including phenoxy) is 1. The number of amides is 1. The molecule has 192 valence electrons. The molecule has 0 aliphatic carbocycles. The van der Waals surface area contributed by atoms with Crippen LogP contribution in [0.25, 0.3) is 17.1 Å². The van der Waals surface area contributed by atoms with E-state index in [4.69, 9.17) is 0 Å². The maximum Gasteiger partial charge on any atom is 0.573 e. The molecule has 1 fully saturated rings. The fourth-order valence-corrected chi connectivity index (χ4v) is 3.87. The highest BCUT2D eigenvalue weighted by molar-refractivity contribution is 5.98. The van der Waals surface area contributed by atoms with Gasteiger partial charge in [-0.3, -0.25) is 9.89 Å². The minimum Gasteiger partial charge on any atom is -0.405 e. The first-order valence-corrected chi connectivity index (χ1v) is 10.7. The Morgan fingerprint density at radius 2 is 1.76 bits per heavy atom. The largest absolute Gasteiger partial charge is 0.573 e. The van der Waals surface area contributed by atoms with Gasteiger partial charge in [-0.05, 0) is 36.8 Å². The molecule has 0 bridgehead atoms. The van der Waals surface area contributed by atoms with Crippen molar-refractivity contribution in [1.29, 1.82) is 0 Å². The van der Waals surface area contributed by atoms with Crippen LogP contribution in [0, 0.1) is 0 Å². The highest BCUT2D eigenvalue weighted by atomic mass is 19.4. The molecule has 2 aromatic heterocycles. The highest BCUT2D eigenvalue weighted by Gasteiger charge is 2.39. The van der Waals surface area contributed by atoms with E-state index < -0.39 is 35.8 Å². The number of likely N-dealkylation sites (tertiary alicyclic amines) is 1. The lowest BCUT2D eigenvalue weighted by Gasteiger charge is -2.39. The van der Waals surface area contributed by atoms with Crippen LogP contribution in [0.3, 0.4) is 0 Å². The average molecular weight is 523 g/mol. The van der Waals surface area contributed by atoms with Crippen molar-refractivity contribution >= 4 is 5.91 Å². The number of aromatic nitrogens is 6. The summed E-state index contributed by atoms with van der Waals surface area (Å²) in [6.07, 6.45) is -6.61. The number of aromatic amines is 1. The molecule has 4 aromatic rings. The minimum atomic E-state index is -4.92. The number of nitrogens with zero attached hydrogens (tertiary/aromatic N) is 6. The number of carbonyl (C=O) groups is 1. The van der Waals surface area contributed by atoms with Gasteiger partial charge in [0.1, 0.15) is 11.6 Å². The number of carbonyl (C=O) groups excluding carboxylic acids is 1. The first-order chi connectivity index (χ1) is 17.5. The molecule has 1 saturated heterocycles. The second kappa shape index (κ2) is 8.90. The van der Waals surface area contributed by atoms with Gasteiger partial charge >= 0.3 is 12.5 Å². The van der Waals surface area contributed by atoms with Crippen molar-refractivity contribution in [1.82, 2.24) is 35.1 Å². The number of halogens is 6. The Morgan fingerprint density at radius 1 is 1.03 bits per heavy atom. The van der Waals surface area contributed by atoms with Gasteiger partial charge in [0.05, 0.1) is 40.8 Å². The van der Waals surface area contributed by atoms with Crippen LogP contribution >= 0.6 is 0 Å². The molecule has 5 rings (SSSR count). The van der Waals surface area contributed by atoms with Crippen molar-refractivity contribution < 1.29 is 35.9 Å². The van der Waals surface area contributed by atoms with E-state index in [9.17, 15) is 31.1 Å². The van der Waals surface area contributed by atoms with Crippen molar-refractivity contribution in [2.24, 2.45) is 0 Å². The monoisotopic (exact) mass is 523 g/mol. The SMILES string of the molecule is O=C(c1ccc(C(F)(F)F)cc1-n1nccn1)N1CCC1c1nc(-c2ccccc2OC(F)(F)F)n[nH]1. The summed E-state index contributed by atoms with van der Waals surface area (Å²) in [6, 6.07) is 7.31. The third kappa shape index (κ3) is 4.83. The van der Waals surface area contributed by atoms with E-state index in [2.05, 4.69) is 30.1 Å². The third-order valence-corrected chi connectivity index (χ3v) is 5.64. The van der Waals surface area contributed by atoms with Gasteiger partial charge in [0.2, 0.25) is 0 Å². The van der Waals surface area contributed by atoms with E-state index in [-0.39, 0.29) is 35.0 Å². The summed E-state index contributed by atoms with van der Waals surface area (Å²) in [7, 11) is 0. The Morgan fingerprint density at radius 3 is 2.41 bits per heavy atom. The Hall–Kier alpha value is -4.43. The quantitative estimate of drug-likeness (QED) is 0.385. The number of hydrogen-bond acceptors (Lipinski definition) is 6. The normalized spacial score (nSPS) is 15.9. The Kier molecular flexibility index (Phi) is 5.84. The van der Waals surface area contributed by atoms with Crippen LogP contribution in [-0.2, 0) is 6.18 Å². The average Bonchev–Trinajstić information content (AvgIpc) is 3.49. The summed E-state index contributed by atoms with van der Waals surface area (Å²) in [5, 5.41) is 14.3. The first kappa shape index (κ1) is 24.3. The summed E-state index contributed by atoms with van der Waals surface area (Å²) in [5.74, 6) is -0.980. The number of para-hydroxylation sites is 1. The molecular formula is C22H15F6N7O2. The lowest BCUT2D eigenvalue weighted by atomic mass is 9.99. The van der Waals surface area contributed by atoms with Crippen LogP contribution < -0.4 is 4.74 Å². The fraction of sp³-hybridized carbons (Fsp3) is 0.227. The molecule has 0 saturated carbocycles. The molecule has 1 N–H and O–H groups in total. The molecule has 15 heteroatoms. The van der Waals surface area contributed by atoms with Crippen LogP contribution in [-0.4, -0.2) is 53.9 Å². The van der Waals surface area contributed by atoms with Gasteiger partial charge in [-0.25, -0.2) is 4.98 Å². The maximum atomic E-state index is 13.3. The smallest absolute Gasteiger partial charge is 0.405 e. The molecule has 1 unspecified atom stereocenters. The Bertz CT molecular complexity index is 1430. The van der Waals surface area contributed by atoms with Crippen LogP contribution in [0.2, 0.25) is 0 Å². The van der Waals surface area contributed by atoms with Gasteiger partial charge in [-0.2, -0.15) is 33.3 Å². The molecule has 3 heterocycles. The molecule has 0 spiro atoms. The number of alkyl halides is 6. The predicted octanol–water partition coefficient (Wildman–Crippen LogP) is 4.56. The standard InChI is InChI=1S/C22H15F6N7O2/c23-21(24,25)12-5-6-13(16(11-12)35-29-8-9-30-35)20(36)34-10-7-15(34)19-31-18(32-33-19)14-3-1-2-4-17(14)37-22(26,27)28/h1-6,8-9,11,15H,7,10H2,(H,31,32,33). The van der Waals surface area contributed by atoms with Gasteiger partial charge in [0.15, 0.2) is 5.82 Å². The molecule has 1 aliphatic heterocycles. The van der Waals surface area contributed by atoms with Crippen LogP contribution in [0.15, 0.2) is 54.9 Å². The van der Waals surface area contributed by atoms with Gasteiger partial charge in [-0.1, -0.05) is 12.1 Å². The first-order valence-electron chi connectivity index (χ1n) is 10.7. The van der Waals surface area contributed by atoms with Crippen LogP contribution in [0.5, 0.6) is 5.75 Å². The zero-order chi connectivity index (χ0) is 26.4. The number of H-pyrrole nitrogens is 1. The Balaban J connectivity index is 1.43. The summed E-state index contributed by atoms with van der Waals surface area (Å²) in [5.41, 5.74) is -1.23. The number of hydrogen-bond donors (Lipinski definition) is 1. The maximum absolute atomic E-state index is 13.3. The number of nitrogens with one attached hydrogen (secondary N) is 1. The van der Waals surface area contributed by atoms with E-state index in [1.54, 1.807) is 0 Å². The molecule has 1 atom stereocenters. The van der Waals surface area contributed by atoms with Crippen molar-refractivity contribution in [3.8, 4) is 22.8 Å². The summed E-state index contributed by atoms with van der Waals surface area (Å²) in [6.45, 7) is 0.264. The summed E-state index contributed by atoms with van der Waals surface area (Å²) < 4.78 is 82.2. The van der Waals surface area contributed by atoms with Crippen molar-refractivity contribution in [3.05, 3.63) is 71.8 Å². The number of rotatable bonds is 5. The molecule has 9 nitrogen and oxygen atoms in total. The zero-order valence-electron chi connectivity index (χ0n) is 18.5. The molecule has 0 radical (unpaired) electrons. The topological polar surface area (TPSA) is 102 Å². The lowest BCUT2D eigenvalue weighted by Crippen LogP contribution is -2.46. The molecule has 2 aromatic carbocycles.